The highest BCUT2D eigenvalue weighted by Crippen LogP contribution is 2.50. The molecular formula is C22H24O6. The molecule has 2 aromatic rings. The van der Waals surface area contributed by atoms with Crippen molar-refractivity contribution in [3.63, 3.8) is 0 Å². The van der Waals surface area contributed by atoms with E-state index in [-0.39, 0.29) is 18.1 Å². The maximum Gasteiger partial charge on any atom is 0.161 e. The third-order valence-corrected chi connectivity index (χ3v) is 5.34. The molecule has 3 unspecified atom stereocenters. The molecule has 6 heteroatoms. The lowest BCUT2D eigenvalue weighted by Gasteiger charge is -2.18. The zero-order chi connectivity index (χ0) is 19.7. The summed E-state index contributed by atoms with van der Waals surface area (Å²) in [7, 11) is 6.51. The highest BCUT2D eigenvalue weighted by Gasteiger charge is 2.43. The van der Waals surface area contributed by atoms with Crippen molar-refractivity contribution in [2.24, 2.45) is 5.92 Å². The van der Waals surface area contributed by atoms with E-state index in [2.05, 4.69) is 0 Å². The summed E-state index contributed by atoms with van der Waals surface area (Å²) in [6, 6.07) is 11.7. The number of methoxy groups -OCH3 is 4. The third kappa shape index (κ3) is 3.03. The van der Waals surface area contributed by atoms with Crippen LogP contribution < -0.4 is 18.9 Å². The van der Waals surface area contributed by atoms with Crippen molar-refractivity contribution >= 4 is 0 Å². The van der Waals surface area contributed by atoms with Crippen LogP contribution in [0.2, 0.25) is 0 Å². The molecule has 0 amide bonds. The van der Waals surface area contributed by atoms with Gasteiger partial charge in [-0.05, 0) is 35.4 Å². The summed E-state index contributed by atoms with van der Waals surface area (Å²) in [5.41, 5.74) is 3.18. The summed E-state index contributed by atoms with van der Waals surface area (Å²) >= 11 is 0. The van der Waals surface area contributed by atoms with Gasteiger partial charge in [-0.3, -0.25) is 0 Å². The summed E-state index contributed by atoms with van der Waals surface area (Å²) in [6.07, 6.45) is 1.57. The van der Waals surface area contributed by atoms with Gasteiger partial charge in [-0.1, -0.05) is 12.1 Å². The zero-order valence-electron chi connectivity index (χ0n) is 16.4. The second-order valence-corrected chi connectivity index (χ2v) is 6.72. The molecule has 2 heterocycles. The van der Waals surface area contributed by atoms with Crippen LogP contribution in [0.1, 0.15) is 23.3 Å². The average molecular weight is 384 g/mol. The van der Waals surface area contributed by atoms with Crippen LogP contribution in [0.15, 0.2) is 48.2 Å². The lowest BCUT2D eigenvalue weighted by atomic mass is 9.89. The molecule has 2 aliphatic rings. The monoisotopic (exact) mass is 384 g/mol. The van der Waals surface area contributed by atoms with Gasteiger partial charge >= 0.3 is 0 Å². The van der Waals surface area contributed by atoms with E-state index >= 15 is 0 Å². The van der Waals surface area contributed by atoms with E-state index in [1.54, 1.807) is 28.4 Å². The van der Waals surface area contributed by atoms with Gasteiger partial charge in [-0.2, -0.15) is 0 Å². The smallest absolute Gasteiger partial charge is 0.161 e. The summed E-state index contributed by atoms with van der Waals surface area (Å²) < 4.78 is 33.7. The van der Waals surface area contributed by atoms with E-state index in [1.807, 2.05) is 42.7 Å². The Bertz CT molecular complexity index is 891. The van der Waals surface area contributed by atoms with Crippen LogP contribution in [0.4, 0.5) is 0 Å². The van der Waals surface area contributed by atoms with Crippen molar-refractivity contribution in [3.8, 4) is 23.0 Å². The topological polar surface area (TPSA) is 55.4 Å². The summed E-state index contributed by atoms with van der Waals surface area (Å²) in [5, 5.41) is 0. The second-order valence-electron chi connectivity index (χ2n) is 6.72. The van der Waals surface area contributed by atoms with Gasteiger partial charge in [0.25, 0.3) is 0 Å². The molecule has 28 heavy (non-hydrogen) atoms. The van der Waals surface area contributed by atoms with Gasteiger partial charge in [0, 0.05) is 5.57 Å². The van der Waals surface area contributed by atoms with E-state index < -0.39 is 0 Å². The van der Waals surface area contributed by atoms with Crippen LogP contribution in [0.3, 0.4) is 0 Å². The Hall–Kier alpha value is -2.86. The van der Waals surface area contributed by atoms with E-state index in [4.69, 9.17) is 28.4 Å². The highest BCUT2D eigenvalue weighted by molar-refractivity contribution is 5.47. The van der Waals surface area contributed by atoms with Crippen LogP contribution in [-0.2, 0) is 9.47 Å². The van der Waals surface area contributed by atoms with Crippen molar-refractivity contribution in [1.29, 1.82) is 0 Å². The highest BCUT2D eigenvalue weighted by atomic mass is 16.5. The molecule has 0 aliphatic carbocycles. The van der Waals surface area contributed by atoms with Crippen molar-refractivity contribution in [2.45, 2.75) is 12.2 Å². The first-order valence-electron chi connectivity index (χ1n) is 9.11. The minimum Gasteiger partial charge on any atom is -0.493 e. The first kappa shape index (κ1) is 18.5. The number of ether oxygens (including phenoxy) is 6. The van der Waals surface area contributed by atoms with Crippen LogP contribution in [0.5, 0.6) is 23.0 Å². The molecule has 2 aromatic carbocycles. The molecule has 4 rings (SSSR count). The Morgan fingerprint density at radius 2 is 1.32 bits per heavy atom. The molecule has 2 aliphatic heterocycles. The van der Waals surface area contributed by atoms with Gasteiger partial charge in [-0.15, -0.1) is 0 Å². The fourth-order valence-corrected chi connectivity index (χ4v) is 3.89. The lowest BCUT2D eigenvalue weighted by Crippen LogP contribution is -2.11. The molecule has 0 radical (unpaired) electrons. The molecular weight excluding hydrogens is 360 g/mol. The number of fused-ring (bicyclic) bond motifs is 1. The molecule has 148 valence electrons. The van der Waals surface area contributed by atoms with E-state index in [9.17, 15) is 0 Å². The SMILES string of the molecule is COc1ccc(C2OCC3C2=COC3c2ccc(OC)c(OC)c2)cc1OC. The van der Waals surface area contributed by atoms with Crippen LogP contribution in [0.25, 0.3) is 0 Å². The number of hydrogen-bond acceptors (Lipinski definition) is 6. The molecule has 0 saturated carbocycles. The van der Waals surface area contributed by atoms with Crippen molar-refractivity contribution in [2.75, 3.05) is 35.0 Å². The van der Waals surface area contributed by atoms with E-state index in [1.165, 1.54) is 0 Å². The Kier molecular flexibility index (Phi) is 5.05. The maximum atomic E-state index is 6.13. The summed E-state index contributed by atoms with van der Waals surface area (Å²) in [4.78, 5) is 0. The molecule has 6 nitrogen and oxygen atoms in total. The largest absolute Gasteiger partial charge is 0.493 e. The Morgan fingerprint density at radius 1 is 0.750 bits per heavy atom. The predicted octanol–water partition coefficient (Wildman–Crippen LogP) is 4.06. The fraction of sp³-hybridized carbons (Fsp3) is 0.364. The second kappa shape index (κ2) is 7.64. The van der Waals surface area contributed by atoms with E-state index in [0.29, 0.717) is 29.6 Å². The minimum atomic E-state index is -0.157. The Balaban J connectivity index is 1.58. The molecule has 1 saturated heterocycles. The van der Waals surface area contributed by atoms with Crippen molar-refractivity contribution < 1.29 is 28.4 Å². The third-order valence-electron chi connectivity index (χ3n) is 5.34. The van der Waals surface area contributed by atoms with Gasteiger partial charge in [-0.25, -0.2) is 0 Å². The average Bonchev–Trinajstić information content (AvgIpc) is 3.35. The predicted molar refractivity (Wildman–Crippen MR) is 103 cm³/mol. The standard InChI is InChI=1S/C22H24O6/c1-23-17-7-5-13(9-19(17)25-3)21-15-11-28-22(16(15)12-27-21)14-6-8-18(24-2)20(10-14)26-4/h5-11,16,21-22H,12H2,1-4H3. The summed E-state index contributed by atoms with van der Waals surface area (Å²) in [6.45, 7) is 0.587. The van der Waals surface area contributed by atoms with Gasteiger partial charge in [0.2, 0.25) is 0 Å². The Labute approximate surface area is 164 Å². The van der Waals surface area contributed by atoms with Gasteiger partial charge in [0.15, 0.2) is 23.0 Å². The van der Waals surface area contributed by atoms with E-state index in [0.717, 1.165) is 16.7 Å². The van der Waals surface area contributed by atoms with Crippen LogP contribution in [0, 0.1) is 5.92 Å². The number of rotatable bonds is 6. The van der Waals surface area contributed by atoms with Crippen molar-refractivity contribution in [3.05, 3.63) is 59.4 Å². The van der Waals surface area contributed by atoms with Gasteiger partial charge in [0.1, 0.15) is 12.2 Å². The zero-order valence-corrected chi connectivity index (χ0v) is 16.4. The first-order chi connectivity index (χ1) is 13.7. The molecule has 1 fully saturated rings. The first-order valence-corrected chi connectivity index (χ1v) is 9.11. The Morgan fingerprint density at radius 3 is 1.93 bits per heavy atom. The van der Waals surface area contributed by atoms with Gasteiger partial charge < -0.3 is 28.4 Å². The molecule has 0 bridgehead atoms. The molecule has 0 aromatic heterocycles. The lowest BCUT2D eigenvalue weighted by molar-refractivity contribution is 0.0659. The summed E-state index contributed by atoms with van der Waals surface area (Å²) in [5.74, 6) is 2.91. The molecule has 0 spiro atoms. The van der Waals surface area contributed by atoms with Crippen molar-refractivity contribution in [1.82, 2.24) is 0 Å². The fourth-order valence-electron chi connectivity index (χ4n) is 3.89. The number of benzene rings is 2. The molecule has 3 atom stereocenters. The quantitative estimate of drug-likeness (QED) is 0.749. The minimum absolute atomic E-state index is 0.111. The molecule has 0 N–H and O–H groups in total. The van der Waals surface area contributed by atoms with Gasteiger partial charge in [0.05, 0.1) is 47.2 Å². The maximum absolute atomic E-state index is 6.13. The normalized spacial score (nSPS) is 22.9. The van der Waals surface area contributed by atoms with Crippen LogP contribution in [-0.4, -0.2) is 35.0 Å². The number of hydrogen-bond donors (Lipinski definition) is 0. The van der Waals surface area contributed by atoms with Crippen LogP contribution >= 0.6 is 0 Å².